The first-order valence-electron chi connectivity index (χ1n) is 6.98. The molecule has 5 nitrogen and oxygen atoms in total. The molecule has 24 heavy (non-hydrogen) atoms. The number of hydrogen-bond acceptors (Lipinski definition) is 4. The van der Waals surface area contributed by atoms with Crippen LogP contribution < -0.4 is 0 Å². The average molecular weight is 354 g/mol. The molecule has 0 fully saturated rings. The van der Waals surface area contributed by atoms with Gasteiger partial charge < -0.3 is 4.90 Å². The van der Waals surface area contributed by atoms with Gasteiger partial charge in [0.05, 0.1) is 11.8 Å². The van der Waals surface area contributed by atoms with Crippen LogP contribution in [0.4, 0.5) is 13.2 Å². The number of carbonyl (C=O) groups is 1. The summed E-state index contributed by atoms with van der Waals surface area (Å²) in [6.07, 6.45) is -2.78. The van der Waals surface area contributed by atoms with Gasteiger partial charge in [-0.3, -0.25) is 4.79 Å². The number of hydrogen-bond donors (Lipinski definition) is 0. The van der Waals surface area contributed by atoms with Crippen molar-refractivity contribution in [3.05, 3.63) is 52.4 Å². The van der Waals surface area contributed by atoms with Crippen molar-refractivity contribution < 1.29 is 18.0 Å². The maximum absolute atomic E-state index is 12.8. The maximum Gasteiger partial charge on any atom is 0.416 e. The van der Waals surface area contributed by atoms with Gasteiger partial charge in [-0.1, -0.05) is 23.5 Å². The van der Waals surface area contributed by atoms with Crippen molar-refractivity contribution in [2.45, 2.75) is 19.6 Å². The normalized spacial score (nSPS) is 11.9. The molecule has 0 aliphatic rings. The third-order valence-electron chi connectivity index (χ3n) is 3.47. The number of aryl methyl sites for hydroxylation is 1. The van der Waals surface area contributed by atoms with Gasteiger partial charge in [0.15, 0.2) is 0 Å². The van der Waals surface area contributed by atoms with Crippen molar-refractivity contribution in [2.75, 3.05) is 7.05 Å². The van der Waals surface area contributed by atoms with Gasteiger partial charge in [0.25, 0.3) is 5.91 Å². The molecule has 0 aliphatic carbocycles. The summed E-state index contributed by atoms with van der Waals surface area (Å²) in [5, 5.41) is 4.46. The zero-order valence-corrected chi connectivity index (χ0v) is 13.6. The number of rotatable bonds is 3. The van der Waals surface area contributed by atoms with Crippen molar-refractivity contribution in [1.29, 1.82) is 0 Å². The van der Waals surface area contributed by atoms with E-state index in [1.54, 1.807) is 23.7 Å². The van der Waals surface area contributed by atoms with Gasteiger partial charge in [-0.25, -0.2) is 9.50 Å². The summed E-state index contributed by atoms with van der Waals surface area (Å²) in [6, 6.07) is 4.94. The third kappa shape index (κ3) is 3.12. The molecule has 126 valence electrons. The molecule has 2 heterocycles. The number of halogens is 3. The van der Waals surface area contributed by atoms with Gasteiger partial charge in [0.2, 0.25) is 5.01 Å². The van der Waals surface area contributed by atoms with Crippen molar-refractivity contribution in [3.63, 3.8) is 0 Å². The molecule has 0 radical (unpaired) electrons. The molecule has 0 unspecified atom stereocenters. The Hall–Kier alpha value is -2.42. The monoisotopic (exact) mass is 354 g/mol. The number of amides is 1. The summed E-state index contributed by atoms with van der Waals surface area (Å²) < 4.78 is 39.8. The lowest BCUT2D eigenvalue weighted by Crippen LogP contribution is -2.26. The Balaban J connectivity index is 1.79. The van der Waals surface area contributed by atoms with E-state index < -0.39 is 11.7 Å². The molecule has 0 N–H and O–H groups in total. The number of fused-ring (bicyclic) bond motifs is 1. The van der Waals surface area contributed by atoms with Gasteiger partial charge in [-0.05, 0) is 24.6 Å². The Kier molecular flexibility index (Phi) is 4.04. The zero-order valence-electron chi connectivity index (χ0n) is 12.8. The second-order valence-electron chi connectivity index (χ2n) is 5.32. The van der Waals surface area contributed by atoms with Crippen LogP contribution in [0.2, 0.25) is 0 Å². The predicted octanol–water partition coefficient (Wildman–Crippen LogP) is 3.39. The van der Waals surface area contributed by atoms with E-state index in [2.05, 4.69) is 10.1 Å². The second kappa shape index (κ2) is 5.90. The molecule has 0 aliphatic heterocycles. The first-order chi connectivity index (χ1) is 11.3. The Bertz CT molecular complexity index is 900. The quantitative estimate of drug-likeness (QED) is 0.724. The zero-order chi connectivity index (χ0) is 17.5. The topological polar surface area (TPSA) is 50.5 Å². The first kappa shape index (κ1) is 16.4. The van der Waals surface area contributed by atoms with E-state index in [9.17, 15) is 18.0 Å². The lowest BCUT2D eigenvalue weighted by Gasteiger charge is -2.16. The number of aromatic nitrogens is 3. The highest BCUT2D eigenvalue weighted by molar-refractivity contribution is 7.18. The summed E-state index contributed by atoms with van der Waals surface area (Å²) >= 11 is 1.19. The first-order valence-corrected chi connectivity index (χ1v) is 7.80. The van der Waals surface area contributed by atoms with Crippen LogP contribution in [0.5, 0.6) is 0 Å². The fraction of sp³-hybridized carbons (Fsp3) is 0.267. The summed E-state index contributed by atoms with van der Waals surface area (Å²) in [4.78, 5) is 18.6. The van der Waals surface area contributed by atoms with Gasteiger partial charge in [-0.15, -0.1) is 5.10 Å². The van der Waals surface area contributed by atoms with Crippen LogP contribution in [-0.2, 0) is 12.7 Å². The Labute approximate surface area is 139 Å². The van der Waals surface area contributed by atoms with Crippen LogP contribution in [0, 0.1) is 6.92 Å². The van der Waals surface area contributed by atoms with Gasteiger partial charge in [0.1, 0.15) is 10.7 Å². The molecule has 9 heteroatoms. The highest BCUT2D eigenvalue weighted by Crippen LogP contribution is 2.29. The second-order valence-corrected chi connectivity index (χ2v) is 6.33. The molecule has 0 saturated heterocycles. The van der Waals surface area contributed by atoms with E-state index >= 15 is 0 Å². The fourth-order valence-electron chi connectivity index (χ4n) is 2.26. The molecule has 1 amide bonds. The van der Waals surface area contributed by atoms with Gasteiger partial charge >= 0.3 is 6.18 Å². The summed E-state index contributed by atoms with van der Waals surface area (Å²) in [6.45, 7) is 1.84. The summed E-state index contributed by atoms with van der Waals surface area (Å²) in [5.41, 5.74) is -0.326. The highest BCUT2D eigenvalue weighted by Gasteiger charge is 2.30. The van der Waals surface area contributed by atoms with E-state index in [1.807, 2.05) is 0 Å². The molecule has 3 rings (SSSR count). The van der Waals surface area contributed by atoms with Crippen LogP contribution in [-0.4, -0.2) is 32.5 Å². The van der Waals surface area contributed by atoms with E-state index in [4.69, 9.17) is 0 Å². The molecule has 0 bridgehead atoms. The molecule has 0 saturated carbocycles. The lowest BCUT2D eigenvalue weighted by atomic mass is 10.1. The minimum Gasteiger partial charge on any atom is -0.335 e. The van der Waals surface area contributed by atoms with Crippen LogP contribution in [0.3, 0.4) is 0 Å². The van der Waals surface area contributed by atoms with Crippen LogP contribution in [0.25, 0.3) is 4.83 Å². The molecule has 3 aromatic rings. The van der Waals surface area contributed by atoms with E-state index in [1.165, 1.54) is 29.4 Å². The number of alkyl halides is 3. The molecule has 2 aromatic heterocycles. The van der Waals surface area contributed by atoms with Gasteiger partial charge in [-0.2, -0.15) is 13.2 Å². The van der Waals surface area contributed by atoms with Crippen molar-refractivity contribution in [2.24, 2.45) is 0 Å². The average Bonchev–Trinajstić information content (AvgIpc) is 3.08. The number of benzene rings is 1. The molecular weight excluding hydrogens is 341 g/mol. The number of imidazole rings is 1. The minimum atomic E-state index is -4.40. The fourth-order valence-corrected chi connectivity index (χ4v) is 3.19. The lowest BCUT2D eigenvalue weighted by molar-refractivity contribution is -0.137. The summed E-state index contributed by atoms with van der Waals surface area (Å²) in [5.74, 6) is 0.321. The predicted molar refractivity (Wildman–Crippen MR) is 82.8 cm³/mol. The standard InChI is InChI=1S/C15H13F3N4OS/c1-9-19-7-12-22(9)20-13(24-12)14(23)21(2)8-10-4-3-5-11(6-10)15(16,17)18/h3-7H,8H2,1-2H3. The minimum absolute atomic E-state index is 0.0639. The molecule has 0 atom stereocenters. The van der Waals surface area contributed by atoms with E-state index in [0.29, 0.717) is 11.4 Å². The molecule has 0 spiro atoms. The van der Waals surface area contributed by atoms with Gasteiger partial charge in [0, 0.05) is 13.6 Å². The Morgan fingerprint density at radius 2 is 2.12 bits per heavy atom. The van der Waals surface area contributed by atoms with Crippen LogP contribution in [0.15, 0.2) is 30.5 Å². The number of nitrogens with zero attached hydrogens (tertiary/aromatic N) is 4. The van der Waals surface area contributed by atoms with E-state index in [0.717, 1.165) is 17.0 Å². The third-order valence-corrected chi connectivity index (χ3v) is 4.41. The van der Waals surface area contributed by atoms with E-state index in [-0.39, 0.29) is 17.5 Å². The smallest absolute Gasteiger partial charge is 0.335 e. The number of carbonyl (C=O) groups excluding carboxylic acids is 1. The summed E-state index contributed by atoms with van der Waals surface area (Å²) in [7, 11) is 1.53. The highest BCUT2D eigenvalue weighted by atomic mass is 32.1. The SMILES string of the molecule is Cc1ncc2sc(C(=O)N(C)Cc3cccc(C(F)(F)F)c3)nn12. The Morgan fingerprint density at radius 1 is 1.38 bits per heavy atom. The maximum atomic E-state index is 12.8. The molecule has 1 aromatic carbocycles. The Morgan fingerprint density at radius 3 is 2.79 bits per heavy atom. The van der Waals surface area contributed by atoms with Crippen molar-refractivity contribution in [1.82, 2.24) is 19.5 Å². The largest absolute Gasteiger partial charge is 0.416 e. The van der Waals surface area contributed by atoms with Crippen molar-refractivity contribution >= 4 is 22.1 Å². The molecular formula is C15H13F3N4OS. The van der Waals surface area contributed by atoms with Crippen LogP contribution in [0.1, 0.15) is 26.8 Å². The van der Waals surface area contributed by atoms with Crippen molar-refractivity contribution in [3.8, 4) is 0 Å². The van der Waals surface area contributed by atoms with Crippen LogP contribution >= 0.6 is 11.3 Å².